The predicted octanol–water partition coefficient (Wildman–Crippen LogP) is 3.18. The minimum absolute atomic E-state index is 0.113. The van der Waals surface area contributed by atoms with Crippen LogP contribution in [0.25, 0.3) is 11.5 Å². The Labute approximate surface area is 191 Å². The minimum Gasteiger partial charge on any atom is -0.496 e. The van der Waals surface area contributed by atoms with Gasteiger partial charge in [-0.1, -0.05) is 17.6 Å². The van der Waals surface area contributed by atoms with Gasteiger partial charge in [0.2, 0.25) is 10.0 Å². The van der Waals surface area contributed by atoms with E-state index in [4.69, 9.17) is 13.9 Å². The van der Waals surface area contributed by atoms with Crippen molar-refractivity contribution in [2.75, 3.05) is 32.6 Å². The summed E-state index contributed by atoms with van der Waals surface area (Å²) in [5, 5.41) is 10.4. The van der Waals surface area contributed by atoms with Crippen molar-refractivity contribution in [2.45, 2.75) is 24.2 Å². The van der Waals surface area contributed by atoms with Crippen molar-refractivity contribution in [1.29, 1.82) is 0 Å². The summed E-state index contributed by atoms with van der Waals surface area (Å²) < 4.78 is 43.3. The van der Waals surface area contributed by atoms with Gasteiger partial charge in [0.05, 0.1) is 19.1 Å². The summed E-state index contributed by atoms with van der Waals surface area (Å²) in [6, 6.07) is 10.8. The van der Waals surface area contributed by atoms with Crippen molar-refractivity contribution in [2.24, 2.45) is 0 Å². The number of carbonyl (C=O) groups is 1. The minimum atomic E-state index is -3.57. The van der Waals surface area contributed by atoms with Gasteiger partial charge in [0, 0.05) is 18.7 Å². The van der Waals surface area contributed by atoms with E-state index in [-0.39, 0.29) is 22.4 Å². The van der Waals surface area contributed by atoms with Crippen LogP contribution in [-0.4, -0.2) is 56.1 Å². The number of nitrogens with zero attached hydrogens (tertiary/aromatic N) is 3. The van der Waals surface area contributed by atoms with E-state index in [1.165, 1.54) is 42.8 Å². The maximum Gasteiger partial charge on any atom is 0.322 e. The lowest BCUT2D eigenvalue weighted by atomic mass is 10.2. The standard InChI is InChI=1S/C22H24N4O6S/c1-30-17-7-6-8-18(31-2)19(17)21-24-25-22(32-21)23-20(27)15-9-11-16(12-10-15)33(28,29)26-13-4-3-5-14-26/h6-12H,3-5,13-14H2,1-2H3,(H,23,25,27). The second kappa shape index (κ2) is 9.59. The molecule has 0 aliphatic carbocycles. The smallest absolute Gasteiger partial charge is 0.322 e. The zero-order chi connectivity index (χ0) is 23.4. The fraction of sp³-hybridized carbons (Fsp3) is 0.318. The van der Waals surface area contributed by atoms with Crippen molar-refractivity contribution < 1.29 is 27.1 Å². The molecule has 0 bridgehead atoms. The van der Waals surface area contributed by atoms with E-state index in [9.17, 15) is 13.2 Å². The molecule has 1 saturated heterocycles. The maximum absolute atomic E-state index is 12.8. The van der Waals surface area contributed by atoms with Crippen LogP contribution < -0.4 is 14.8 Å². The lowest BCUT2D eigenvalue weighted by Crippen LogP contribution is -2.35. The quantitative estimate of drug-likeness (QED) is 0.556. The number of amides is 1. The first-order valence-electron chi connectivity index (χ1n) is 10.4. The molecular formula is C22H24N4O6S. The van der Waals surface area contributed by atoms with E-state index in [2.05, 4.69) is 15.5 Å². The second-order valence-corrected chi connectivity index (χ2v) is 9.33. The number of piperidine rings is 1. The predicted molar refractivity (Wildman–Crippen MR) is 120 cm³/mol. The van der Waals surface area contributed by atoms with E-state index in [1.54, 1.807) is 18.2 Å². The molecule has 0 spiro atoms. The van der Waals surface area contributed by atoms with Crippen molar-refractivity contribution in [3.05, 3.63) is 48.0 Å². The highest BCUT2D eigenvalue weighted by Gasteiger charge is 2.26. The summed E-state index contributed by atoms with van der Waals surface area (Å²) in [6.45, 7) is 1.03. The molecule has 1 fully saturated rings. The van der Waals surface area contributed by atoms with Gasteiger partial charge >= 0.3 is 6.01 Å². The molecule has 1 amide bonds. The molecule has 1 aliphatic rings. The number of sulfonamides is 1. The van der Waals surface area contributed by atoms with Crippen LogP contribution in [0.1, 0.15) is 29.6 Å². The summed E-state index contributed by atoms with van der Waals surface area (Å²) >= 11 is 0. The van der Waals surface area contributed by atoms with E-state index in [0.717, 1.165) is 19.3 Å². The summed E-state index contributed by atoms with van der Waals surface area (Å²) in [5.41, 5.74) is 0.713. The van der Waals surface area contributed by atoms with Crippen LogP contribution in [0, 0.1) is 0 Å². The maximum atomic E-state index is 12.8. The Bertz CT molecular complexity index is 1210. The van der Waals surface area contributed by atoms with Gasteiger partial charge in [-0.15, -0.1) is 5.10 Å². The van der Waals surface area contributed by atoms with Crippen molar-refractivity contribution in [3.8, 4) is 23.0 Å². The van der Waals surface area contributed by atoms with Crippen molar-refractivity contribution in [3.63, 3.8) is 0 Å². The van der Waals surface area contributed by atoms with Gasteiger partial charge in [-0.3, -0.25) is 10.1 Å². The van der Waals surface area contributed by atoms with Gasteiger partial charge in [-0.25, -0.2) is 8.42 Å². The number of aromatic nitrogens is 2. The van der Waals surface area contributed by atoms with Gasteiger partial charge in [0.25, 0.3) is 11.8 Å². The van der Waals surface area contributed by atoms with Crippen molar-refractivity contribution in [1.82, 2.24) is 14.5 Å². The lowest BCUT2D eigenvalue weighted by Gasteiger charge is -2.25. The molecule has 0 unspecified atom stereocenters. The Morgan fingerprint density at radius 3 is 2.21 bits per heavy atom. The molecule has 33 heavy (non-hydrogen) atoms. The number of methoxy groups -OCH3 is 2. The molecule has 0 saturated carbocycles. The van der Waals surface area contributed by atoms with Crippen LogP contribution in [-0.2, 0) is 10.0 Å². The summed E-state index contributed by atoms with van der Waals surface area (Å²) in [7, 11) is -0.554. The highest BCUT2D eigenvalue weighted by molar-refractivity contribution is 7.89. The number of rotatable bonds is 7. The zero-order valence-electron chi connectivity index (χ0n) is 18.3. The highest BCUT2D eigenvalue weighted by atomic mass is 32.2. The first-order chi connectivity index (χ1) is 15.9. The fourth-order valence-corrected chi connectivity index (χ4v) is 5.16. The monoisotopic (exact) mass is 472 g/mol. The molecule has 10 nitrogen and oxygen atoms in total. The van der Waals surface area contributed by atoms with Gasteiger partial charge in [-0.2, -0.15) is 4.31 Å². The molecule has 4 rings (SSSR count). The number of nitrogens with one attached hydrogen (secondary N) is 1. The Balaban J connectivity index is 1.49. The van der Waals surface area contributed by atoms with Crippen molar-refractivity contribution >= 4 is 21.9 Å². The van der Waals surface area contributed by atoms with Gasteiger partial charge in [0.1, 0.15) is 17.1 Å². The van der Waals surface area contributed by atoms with Gasteiger partial charge in [-0.05, 0) is 49.2 Å². The Morgan fingerprint density at radius 1 is 0.970 bits per heavy atom. The van der Waals surface area contributed by atoms with Crippen LogP contribution in [0.4, 0.5) is 6.01 Å². The topological polar surface area (TPSA) is 124 Å². The Morgan fingerprint density at radius 2 is 1.61 bits per heavy atom. The third kappa shape index (κ3) is 4.69. The molecular weight excluding hydrogens is 448 g/mol. The van der Waals surface area contributed by atoms with E-state index in [1.807, 2.05) is 0 Å². The van der Waals surface area contributed by atoms with Crippen LogP contribution >= 0.6 is 0 Å². The largest absolute Gasteiger partial charge is 0.496 e. The summed E-state index contributed by atoms with van der Waals surface area (Å²) in [6.07, 6.45) is 2.74. The Hall–Kier alpha value is -3.44. The van der Waals surface area contributed by atoms with Crippen LogP contribution in [0.3, 0.4) is 0 Å². The Kier molecular flexibility index (Phi) is 6.61. The molecule has 174 valence electrons. The molecule has 1 N–H and O–H groups in total. The average Bonchev–Trinajstić information content (AvgIpc) is 3.32. The van der Waals surface area contributed by atoms with E-state index < -0.39 is 15.9 Å². The first kappa shape index (κ1) is 22.7. The van der Waals surface area contributed by atoms with E-state index in [0.29, 0.717) is 30.2 Å². The number of hydrogen-bond donors (Lipinski definition) is 1. The molecule has 2 heterocycles. The molecule has 1 aromatic heterocycles. The number of benzene rings is 2. The number of anilines is 1. The third-order valence-corrected chi connectivity index (χ3v) is 7.27. The second-order valence-electron chi connectivity index (χ2n) is 7.39. The van der Waals surface area contributed by atoms with Gasteiger partial charge in [0.15, 0.2) is 0 Å². The first-order valence-corrected chi connectivity index (χ1v) is 11.8. The molecule has 0 radical (unpaired) electrons. The third-order valence-electron chi connectivity index (χ3n) is 5.36. The molecule has 0 atom stereocenters. The highest BCUT2D eigenvalue weighted by Crippen LogP contribution is 2.37. The number of carbonyl (C=O) groups excluding carboxylic acids is 1. The molecule has 3 aromatic rings. The molecule has 2 aromatic carbocycles. The average molecular weight is 473 g/mol. The fourth-order valence-electron chi connectivity index (χ4n) is 3.64. The van der Waals surface area contributed by atoms with Gasteiger partial charge < -0.3 is 13.9 Å². The van der Waals surface area contributed by atoms with Crippen LogP contribution in [0.2, 0.25) is 0 Å². The summed E-state index contributed by atoms with van der Waals surface area (Å²) in [5.74, 6) is 0.546. The number of hydrogen-bond acceptors (Lipinski definition) is 8. The van der Waals surface area contributed by atoms with Crippen LogP contribution in [0.5, 0.6) is 11.5 Å². The lowest BCUT2D eigenvalue weighted by molar-refractivity contribution is 0.102. The zero-order valence-corrected chi connectivity index (χ0v) is 19.1. The molecule has 1 aliphatic heterocycles. The van der Waals surface area contributed by atoms with E-state index >= 15 is 0 Å². The molecule has 11 heteroatoms. The van der Waals surface area contributed by atoms with Crippen LogP contribution in [0.15, 0.2) is 51.8 Å². The normalized spacial score (nSPS) is 14.6. The summed E-state index contributed by atoms with van der Waals surface area (Å²) in [4.78, 5) is 12.8. The number of ether oxygens (including phenoxy) is 2. The SMILES string of the molecule is COc1cccc(OC)c1-c1nnc(NC(=O)c2ccc(S(=O)(=O)N3CCCCC3)cc2)o1.